The van der Waals surface area contributed by atoms with E-state index < -0.39 is 5.82 Å². The summed E-state index contributed by atoms with van der Waals surface area (Å²) in [6.07, 6.45) is 1.70. The Morgan fingerprint density at radius 1 is 1.62 bits per heavy atom. The Morgan fingerprint density at radius 3 is 3.08 bits per heavy atom. The first kappa shape index (κ1) is 9.97. The molecule has 0 radical (unpaired) electrons. The summed E-state index contributed by atoms with van der Waals surface area (Å²) >= 11 is 5.42. The van der Waals surface area contributed by atoms with Crippen LogP contribution in [0.3, 0.4) is 0 Å². The number of aliphatic hydroxyl groups excluding tert-OH is 1. The average molecular weight is 200 g/mol. The van der Waals surface area contributed by atoms with Gasteiger partial charge in [0.25, 0.3) is 0 Å². The van der Waals surface area contributed by atoms with Crippen LogP contribution in [0.25, 0.3) is 0 Å². The molecule has 0 saturated carbocycles. The minimum atomic E-state index is -0.616. The van der Waals surface area contributed by atoms with E-state index in [2.05, 4.69) is 16.8 Å². The third-order valence-corrected chi connectivity index (χ3v) is 1.57. The van der Waals surface area contributed by atoms with Crippen molar-refractivity contribution in [3.8, 4) is 11.8 Å². The predicted molar refractivity (Wildman–Crippen MR) is 47.8 cm³/mol. The van der Waals surface area contributed by atoms with Gasteiger partial charge in [0, 0.05) is 12.6 Å². The standard InChI is InChI=1S/C9H7ClFNO/c10-9-8(11)7(4-5-12-9)3-1-2-6-13/h4-5,13H,2,6H2. The van der Waals surface area contributed by atoms with Gasteiger partial charge in [-0.1, -0.05) is 23.4 Å². The van der Waals surface area contributed by atoms with Gasteiger partial charge in [0.1, 0.15) is 0 Å². The van der Waals surface area contributed by atoms with Crippen molar-refractivity contribution in [1.29, 1.82) is 0 Å². The molecule has 13 heavy (non-hydrogen) atoms. The Kier molecular flexibility index (Phi) is 3.69. The molecule has 0 spiro atoms. The number of halogens is 2. The van der Waals surface area contributed by atoms with Crippen LogP contribution in [-0.2, 0) is 0 Å². The Balaban J connectivity index is 2.91. The van der Waals surface area contributed by atoms with Gasteiger partial charge in [0.05, 0.1) is 12.2 Å². The van der Waals surface area contributed by atoms with Crippen LogP contribution in [0.5, 0.6) is 0 Å². The zero-order chi connectivity index (χ0) is 9.68. The van der Waals surface area contributed by atoms with Crippen LogP contribution in [0.15, 0.2) is 12.3 Å². The van der Waals surface area contributed by atoms with E-state index in [9.17, 15) is 4.39 Å². The van der Waals surface area contributed by atoms with Crippen molar-refractivity contribution >= 4 is 11.6 Å². The molecule has 1 aromatic heterocycles. The highest BCUT2D eigenvalue weighted by Crippen LogP contribution is 2.13. The molecule has 1 aromatic rings. The average Bonchev–Trinajstić information content (AvgIpc) is 2.13. The van der Waals surface area contributed by atoms with Crippen LogP contribution in [-0.4, -0.2) is 16.7 Å². The molecule has 1 N–H and O–H groups in total. The van der Waals surface area contributed by atoms with E-state index in [4.69, 9.17) is 16.7 Å². The number of rotatable bonds is 1. The highest BCUT2D eigenvalue weighted by Gasteiger charge is 2.03. The van der Waals surface area contributed by atoms with Gasteiger partial charge >= 0.3 is 0 Å². The van der Waals surface area contributed by atoms with E-state index in [1.807, 2.05) is 0 Å². The summed E-state index contributed by atoms with van der Waals surface area (Å²) in [5.74, 6) is 4.52. The van der Waals surface area contributed by atoms with Crippen molar-refractivity contribution in [1.82, 2.24) is 4.98 Å². The van der Waals surface area contributed by atoms with Crippen LogP contribution >= 0.6 is 11.6 Å². The number of aliphatic hydroxyl groups is 1. The van der Waals surface area contributed by atoms with Gasteiger partial charge in [0.2, 0.25) is 0 Å². The first-order chi connectivity index (χ1) is 6.25. The van der Waals surface area contributed by atoms with Gasteiger partial charge in [0.15, 0.2) is 11.0 Å². The van der Waals surface area contributed by atoms with Crippen molar-refractivity contribution in [2.24, 2.45) is 0 Å². The normalized spacial score (nSPS) is 9.15. The maximum Gasteiger partial charge on any atom is 0.176 e. The van der Waals surface area contributed by atoms with Gasteiger partial charge in [-0.3, -0.25) is 0 Å². The third-order valence-electron chi connectivity index (χ3n) is 1.31. The van der Waals surface area contributed by atoms with Gasteiger partial charge < -0.3 is 5.11 Å². The predicted octanol–water partition coefficient (Wildman–Crippen LogP) is 1.61. The molecule has 0 fully saturated rings. The van der Waals surface area contributed by atoms with Crippen LogP contribution in [0, 0.1) is 17.7 Å². The summed E-state index contributed by atoms with van der Waals surface area (Å²) in [5, 5.41) is 8.25. The van der Waals surface area contributed by atoms with E-state index in [-0.39, 0.29) is 17.3 Å². The number of pyridine rings is 1. The highest BCUT2D eigenvalue weighted by molar-refractivity contribution is 6.29. The molecule has 0 amide bonds. The number of nitrogens with zero attached hydrogens (tertiary/aromatic N) is 1. The molecular formula is C9H7ClFNO. The maximum atomic E-state index is 13.1. The molecule has 0 atom stereocenters. The molecule has 1 rings (SSSR count). The Bertz CT molecular complexity index is 356. The molecule has 0 bridgehead atoms. The first-order valence-electron chi connectivity index (χ1n) is 3.65. The molecule has 0 saturated heterocycles. The molecule has 1 heterocycles. The van der Waals surface area contributed by atoms with Crippen molar-refractivity contribution < 1.29 is 9.50 Å². The minimum absolute atomic E-state index is 0.0343. The Morgan fingerprint density at radius 2 is 2.38 bits per heavy atom. The molecule has 0 unspecified atom stereocenters. The Hall–Kier alpha value is -1.11. The molecule has 4 heteroatoms. The molecule has 2 nitrogen and oxygen atoms in total. The van der Waals surface area contributed by atoms with Gasteiger partial charge in [-0.25, -0.2) is 9.37 Å². The van der Waals surface area contributed by atoms with E-state index >= 15 is 0 Å². The van der Waals surface area contributed by atoms with E-state index in [0.29, 0.717) is 6.42 Å². The van der Waals surface area contributed by atoms with Gasteiger partial charge in [-0.15, -0.1) is 0 Å². The van der Waals surface area contributed by atoms with Gasteiger partial charge in [-0.2, -0.15) is 0 Å². The van der Waals surface area contributed by atoms with Crippen LogP contribution in [0.1, 0.15) is 12.0 Å². The summed E-state index contributed by atoms with van der Waals surface area (Å²) in [7, 11) is 0. The van der Waals surface area contributed by atoms with Crippen molar-refractivity contribution in [3.63, 3.8) is 0 Å². The number of hydrogen-bond acceptors (Lipinski definition) is 2. The lowest BCUT2D eigenvalue weighted by molar-refractivity contribution is 0.305. The van der Waals surface area contributed by atoms with Crippen LogP contribution < -0.4 is 0 Å². The van der Waals surface area contributed by atoms with Crippen molar-refractivity contribution in [2.75, 3.05) is 6.61 Å². The maximum absolute atomic E-state index is 13.1. The Labute approximate surface area is 80.4 Å². The largest absolute Gasteiger partial charge is 0.395 e. The zero-order valence-corrected chi connectivity index (χ0v) is 7.48. The third kappa shape index (κ3) is 2.69. The SMILES string of the molecule is OCCC#Cc1ccnc(Cl)c1F. The molecular weight excluding hydrogens is 193 g/mol. The fraction of sp³-hybridized carbons (Fsp3) is 0.222. The van der Waals surface area contributed by atoms with Crippen LogP contribution in [0.4, 0.5) is 4.39 Å². The molecule has 0 aromatic carbocycles. The topological polar surface area (TPSA) is 33.1 Å². The minimum Gasteiger partial charge on any atom is -0.395 e. The van der Waals surface area contributed by atoms with E-state index in [0.717, 1.165) is 0 Å². The molecule has 68 valence electrons. The number of aromatic nitrogens is 1. The summed E-state index contributed by atoms with van der Waals surface area (Å²) in [5.41, 5.74) is 0.202. The smallest absolute Gasteiger partial charge is 0.176 e. The van der Waals surface area contributed by atoms with Crippen molar-refractivity contribution in [2.45, 2.75) is 6.42 Å². The lowest BCUT2D eigenvalue weighted by Crippen LogP contribution is -1.87. The zero-order valence-electron chi connectivity index (χ0n) is 6.72. The highest BCUT2D eigenvalue weighted by atomic mass is 35.5. The van der Waals surface area contributed by atoms with E-state index in [1.165, 1.54) is 12.3 Å². The summed E-state index contributed by atoms with van der Waals surface area (Å²) in [4.78, 5) is 3.54. The fourth-order valence-electron chi connectivity index (χ4n) is 0.728. The first-order valence-corrected chi connectivity index (χ1v) is 4.03. The van der Waals surface area contributed by atoms with Gasteiger partial charge in [-0.05, 0) is 6.07 Å². The lowest BCUT2D eigenvalue weighted by Gasteiger charge is -1.94. The number of hydrogen-bond donors (Lipinski definition) is 1. The van der Waals surface area contributed by atoms with E-state index in [1.54, 1.807) is 0 Å². The summed E-state index contributed by atoms with van der Waals surface area (Å²) in [6.45, 7) is -0.0343. The summed E-state index contributed by atoms with van der Waals surface area (Å²) < 4.78 is 13.1. The lowest BCUT2D eigenvalue weighted by atomic mass is 10.2. The molecule has 0 aliphatic heterocycles. The molecule has 0 aliphatic carbocycles. The van der Waals surface area contributed by atoms with Crippen molar-refractivity contribution in [3.05, 3.63) is 28.8 Å². The van der Waals surface area contributed by atoms with Crippen LogP contribution in [0.2, 0.25) is 5.15 Å². The quantitative estimate of drug-likeness (QED) is 0.551. The monoisotopic (exact) mass is 199 g/mol. The summed E-state index contributed by atoms with van der Waals surface area (Å²) in [6, 6.07) is 1.44. The second kappa shape index (κ2) is 4.80. The second-order valence-corrected chi connectivity index (χ2v) is 2.60. The fourth-order valence-corrected chi connectivity index (χ4v) is 0.887. The molecule has 0 aliphatic rings. The second-order valence-electron chi connectivity index (χ2n) is 2.24.